The molecule has 0 aromatic heterocycles. The van der Waals surface area contributed by atoms with Crippen LogP contribution in [0.5, 0.6) is 0 Å². The van der Waals surface area contributed by atoms with Crippen LogP contribution in [0.15, 0.2) is 54.6 Å². The summed E-state index contributed by atoms with van der Waals surface area (Å²) in [6.07, 6.45) is 3.93. The first-order chi connectivity index (χ1) is 13.7. The Balaban J connectivity index is 1.48. The largest absolute Gasteiger partial charge is 0.478 e. The third-order valence-electron chi connectivity index (χ3n) is 5.59. The molecule has 0 radical (unpaired) electrons. The van der Waals surface area contributed by atoms with E-state index in [0.29, 0.717) is 5.92 Å². The van der Waals surface area contributed by atoms with Crippen molar-refractivity contribution in [3.63, 3.8) is 0 Å². The maximum absolute atomic E-state index is 10.7. The van der Waals surface area contributed by atoms with Crippen molar-refractivity contribution in [1.82, 2.24) is 4.90 Å². The van der Waals surface area contributed by atoms with Gasteiger partial charge in [-0.3, -0.25) is 4.90 Å². The minimum absolute atomic E-state index is 0.519. The van der Waals surface area contributed by atoms with E-state index < -0.39 is 5.97 Å². The number of carbonyl (C=O) groups is 1. The standard InChI is InChI=1S/C23H26N2O3/c26-23(27)10-7-18-5-8-20(9-6-18)25-17-19(21-3-1-2-4-22(21)25)11-12-24-13-15-28-16-14-24/h1-10,19H,11-17H2,(H,26,27)/b10-7+. The summed E-state index contributed by atoms with van der Waals surface area (Å²) < 4.78 is 5.46. The number of hydrogen-bond donors (Lipinski definition) is 1. The number of fused-ring (bicyclic) bond motifs is 1. The van der Waals surface area contributed by atoms with E-state index >= 15 is 0 Å². The van der Waals surface area contributed by atoms with Gasteiger partial charge in [0, 0.05) is 43.0 Å². The first-order valence-electron chi connectivity index (χ1n) is 9.88. The molecule has 0 amide bonds. The fourth-order valence-corrected chi connectivity index (χ4v) is 4.08. The Labute approximate surface area is 165 Å². The smallest absolute Gasteiger partial charge is 0.328 e. The first-order valence-corrected chi connectivity index (χ1v) is 9.88. The molecule has 1 atom stereocenters. The number of rotatable bonds is 6. The summed E-state index contributed by atoms with van der Waals surface area (Å²) >= 11 is 0. The van der Waals surface area contributed by atoms with Gasteiger partial charge in [0.05, 0.1) is 13.2 Å². The lowest BCUT2D eigenvalue weighted by Gasteiger charge is -2.27. The number of anilines is 2. The van der Waals surface area contributed by atoms with Crippen molar-refractivity contribution in [2.45, 2.75) is 12.3 Å². The summed E-state index contributed by atoms with van der Waals surface area (Å²) in [6.45, 7) is 5.84. The van der Waals surface area contributed by atoms with E-state index in [1.54, 1.807) is 6.08 Å². The van der Waals surface area contributed by atoms with E-state index in [4.69, 9.17) is 9.84 Å². The third kappa shape index (κ3) is 4.26. The maximum atomic E-state index is 10.7. The van der Waals surface area contributed by atoms with Crippen molar-refractivity contribution >= 4 is 23.4 Å². The van der Waals surface area contributed by atoms with Crippen LogP contribution in [0.4, 0.5) is 11.4 Å². The molecule has 2 aromatic rings. The molecular formula is C23H26N2O3. The Kier molecular flexibility index (Phi) is 5.74. The van der Waals surface area contributed by atoms with Crippen LogP contribution in [0.2, 0.25) is 0 Å². The van der Waals surface area contributed by atoms with Gasteiger partial charge in [-0.2, -0.15) is 0 Å². The fourth-order valence-electron chi connectivity index (χ4n) is 4.08. The molecule has 2 aromatic carbocycles. The molecule has 1 unspecified atom stereocenters. The maximum Gasteiger partial charge on any atom is 0.328 e. The predicted octanol–water partition coefficient (Wildman–Crippen LogP) is 3.74. The zero-order chi connectivity index (χ0) is 19.3. The van der Waals surface area contributed by atoms with Gasteiger partial charge in [0.15, 0.2) is 0 Å². The molecule has 1 saturated heterocycles. The Morgan fingerprint density at radius 1 is 1.11 bits per heavy atom. The van der Waals surface area contributed by atoms with Crippen molar-refractivity contribution in [1.29, 1.82) is 0 Å². The molecule has 0 saturated carbocycles. The molecular weight excluding hydrogens is 352 g/mol. The number of morpholine rings is 1. The monoisotopic (exact) mass is 378 g/mol. The van der Waals surface area contributed by atoms with Crippen molar-refractivity contribution in [3.05, 3.63) is 65.7 Å². The van der Waals surface area contributed by atoms with Gasteiger partial charge in [-0.05, 0) is 48.4 Å². The van der Waals surface area contributed by atoms with Crippen LogP contribution in [-0.4, -0.2) is 55.4 Å². The van der Waals surface area contributed by atoms with Crippen LogP contribution in [0.1, 0.15) is 23.5 Å². The number of carboxylic acids is 1. The zero-order valence-electron chi connectivity index (χ0n) is 16.0. The van der Waals surface area contributed by atoms with Gasteiger partial charge in [0.1, 0.15) is 0 Å². The van der Waals surface area contributed by atoms with E-state index in [-0.39, 0.29) is 0 Å². The number of carboxylic acid groups (broad SMARTS) is 1. The van der Waals surface area contributed by atoms with Crippen LogP contribution in [-0.2, 0) is 9.53 Å². The van der Waals surface area contributed by atoms with Crippen molar-refractivity contribution in [2.24, 2.45) is 0 Å². The lowest BCUT2D eigenvalue weighted by atomic mass is 9.98. The molecule has 0 aliphatic carbocycles. The van der Waals surface area contributed by atoms with Gasteiger partial charge in [0.2, 0.25) is 0 Å². The average molecular weight is 378 g/mol. The van der Waals surface area contributed by atoms with Gasteiger partial charge in [-0.15, -0.1) is 0 Å². The summed E-state index contributed by atoms with van der Waals surface area (Å²) in [5.41, 5.74) is 4.74. The third-order valence-corrected chi connectivity index (χ3v) is 5.59. The minimum atomic E-state index is -0.930. The number of para-hydroxylation sites is 1. The fraction of sp³-hybridized carbons (Fsp3) is 0.348. The molecule has 2 heterocycles. The lowest BCUT2D eigenvalue weighted by molar-refractivity contribution is -0.131. The van der Waals surface area contributed by atoms with Crippen molar-refractivity contribution in [2.75, 3.05) is 44.3 Å². The molecule has 5 nitrogen and oxygen atoms in total. The molecule has 0 spiro atoms. The van der Waals surface area contributed by atoms with E-state index in [2.05, 4.69) is 46.2 Å². The van der Waals surface area contributed by atoms with E-state index in [9.17, 15) is 4.79 Å². The van der Waals surface area contributed by atoms with E-state index in [1.807, 2.05) is 12.1 Å². The zero-order valence-corrected chi connectivity index (χ0v) is 16.0. The molecule has 0 bridgehead atoms. The molecule has 2 aliphatic rings. The Morgan fingerprint density at radius 2 is 1.86 bits per heavy atom. The van der Waals surface area contributed by atoms with Crippen LogP contribution in [0.25, 0.3) is 6.08 Å². The van der Waals surface area contributed by atoms with Crippen LogP contribution >= 0.6 is 0 Å². The van der Waals surface area contributed by atoms with E-state index in [0.717, 1.165) is 57.1 Å². The number of nitrogens with zero attached hydrogens (tertiary/aromatic N) is 2. The molecule has 1 fully saturated rings. The van der Waals surface area contributed by atoms with Gasteiger partial charge in [-0.25, -0.2) is 4.79 Å². The summed E-state index contributed by atoms with van der Waals surface area (Å²) in [6, 6.07) is 16.8. The number of benzene rings is 2. The summed E-state index contributed by atoms with van der Waals surface area (Å²) in [5.74, 6) is -0.411. The highest BCUT2D eigenvalue weighted by Crippen LogP contribution is 2.42. The summed E-state index contributed by atoms with van der Waals surface area (Å²) in [5, 5.41) is 8.78. The highest BCUT2D eigenvalue weighted by atomic mass is 16.5. The first kappa shape index (κ1) is 18.7. The quantitative estimate of drug-likeness (QED) is 0.776. The minimum Gasteiger partial charge on any atom is -0.478 e. The Hall–Kier alpha value is -2.63. The van der Waals surface area contributed by atoms with Crippen LogP contribution in [0, 0.1) is 0 Å². The summed E-state index contributed by atoms with van der Waals surface area (Å²) in [4.78, 5) is 15.6. The molecule has 4 rings (SSSR count). The van der Waals surface area contributed by atoms with Gasteiger partial charge in [-0.1, -0.05) is 30.3 Å². The van der Waals surface area contributed by atoms with Gasteiger partial charge in [0.25, 0.3) is 0 Å². The topological polar surface area (TPSA) is 53.0 Å². The summed E-state index contributed by atoms with van der Waals surface area (Å²) in [7, 11) is 0. The number of hydrogen-bond acceptors (Lipinski definition) is 4. The molecule has 2 aliphatic heterocycles. The number of ether oxygens (including phenoxy) is 1. The van der Waals surface area contributed by atoms with Gasteiger partial charge >= 0.3 is 5.97 Å². The van der Waals surface area contributed by atoms with E-state index in [1.165, 1.54) is 17.3 Å². The van der Waals surface area contributed by atoms with Crippen LogP contribution in [0.3, 0.4) is 0 Å². The molecule has 5 heteroatoms. The van der Waals surface area contributed by atoms with Crippen LogP contribution < -0.4 is 4.90 Å². The normalized spacial score (nSPS) is 19.9. The molecule has 28 heavy (non-hydrogen) atoms. The van der Waals surface area contributed by atoms with Crippen molar-refractivity contribution < 1.29 is 14.6 Å². The highest BCUT2D eigenvalue weighted by molar-refractivity contribution is 5.85. The second-order valence-electron chi connectivity index (χ2n) is 7.37. The average Bonchev–Trinajstić information content (AvgIpc) is 3.11. The lowest BCUT2D eigenvalue weighted by Crippen LogP contribution is -2.37. The molecule has 146 valence electrons. The Bertz CT molecular complexity index is 841. The second kappa shape index (κ2) is 8.59. The Morgan fingerprint density at radius 3 is 2.61 bits per heavy atom. The predicted molar refractivity (Wildman–Crippen MR) is 111 cm³/mol. The highest BCUT2D eigenvalue weighted by Gasteiger charge is 2.29. The second-order valence-corrected chi connectivity index (χ2v) is 7.37. The molecule has 1 N–H and O–H groups in total. The van der Waals surface area contributed by atoms with Gasteiger partial charge < -0.3 is 14.7 Å². The SMILES string of the molecule is O=C(O)/C=C/c1ccc(N2CC(CCN3CCOCC3)c3ccccc32)cc1. The van der Waals surface area contributed by atoms with Crippen molar-refractivity contribution in [3.8, 4) is 0 Å². The number of aliphatic carboxylic acids is 1.